The summed E-state index contributed by atoms with van der Waals surface area (Å²) < 4.78 is 28.3. The van der Waals surface area contributed by atoms with Gasteiger partial charge >= 0.3 is 0 Å². The first-order valence-corrected chi connectivity index (χ1v) is 11.8. The van der Waals surface area contributed by atoms with Crippen molar-refractivity contribution in [2.45, 2.75) is 52.4 Å². The van der Waals surface area contributed by atoms with Gasteiger partial charge in [0.05, 0.1) is 4.90 Å². The van der Waals surface area contributed by atoms with Crippen molar-refractivity contribution in [3.8, 4) is 0 Å². The van der Waals surface area contributed by atoms with Crippen LogP contribution in [-0.4, -0.2) is 34.0 Å². The molecule has 0 aliphatic heterocycles. The number of hydrogen-bond acceptors (Lipinski definition) is 4. The van der Waals surface area contributed by atoms with E-state index in [0.717, 1.165) is 46.5 Å². The Morgan fingerprint density at radius 3 is 1.97 bits per heavy atom. The molecule has 30 heavy (non-hydrogen) atoms. The van der Waals surface area contributed by atoms with E-state index in [9.17, 15) is 13.2 Å². The standard InChI is InChI=1S/C23H33N3O3S/c1-16-17(2)19(4)23(20(5)18(16)3)30(28,29)26-15-12-22(27)25-14-9-13-24-21-10-7-6-8-11-21/h6-8,10-11,24,26H,9,12-15H2,1-5H3,(H,25,27). The Hall–Kier alpha value is -2.38. The van der Waals surface area contributed by atoms with E-state index in [4.69, 9.17) is 0 Å². The molecule has 2 rings (SSSR count). The van der Waals surface area contributed by atoms with E-state index < -0.39 is 10.0 Å². The van der Waals surface area contributed by atoms with Gasteiger partial charge in [0, 0.05) is 31.7 Å². The van der Waals surface area contributed by atoms with Crippen LogP contribution in [-0.2, 0) is 14.8 Å². The predicted octanol–water partition coefficient (Wildman–Crippen LogP) is 3.52. The Bertz CT molecular complexity index is 957. The number of carbonyl (C=O) groups is 1. The number of anilines is 1. The maximum absolute atomic E-state index is 12.9. The SMILES string of the molecule is Cc1c(C)c(C)c(S(=O)(=O)NCCC(=O)NCCCNc2ccccc2)c(C)c1C. The molecule has 0 aliphatic carbocycles. The van der Waals surface area contributed by atoms with Crippen LogP contribution in [0.3, 0.4) is 0 Å². The molecule has 0 saturated carbocycles. The second kappa shape index (κ2) is 10.6. The summed E-state index contributed by atoms with van der Waals surface area (Å²) in [6, 6.07) is 9.88. The summed E-state index contributed by atoms with van der Waals surface area (Å²) in [7, 11) is -3.68. The average Bonchev–Trinajstić information content (AvgIpc) is 2.71. The van der Waals surface area contributed by atoms with Crippen molar-refractivity contribution in [2.24, 2.45) is 0 Å². The van der Waals surface area contributed by atoms with Crippen LogP contribution in [0.5, 0.6) is 0 Å². The van der Waals surface area contributed by atoms with Gasteiger partial charge < -0.3 is 10.6 Å². The van der Waals surface area contributed by atoms with Gasteiger partial charge in [-0.1, -0.05) is 18.2 Å². The number of rotatable bonds is 10. The number of para-hydroxylation sites is 1. The molecule has 164 valence electrons. The van der Waals surface area contributed by atoms with Gasteiger partial charge in [-0.05, 0) is 81.0 Å². The molecule has 2 aromatic carbocycles. The molecule has 1 amide bonds. The van der Waals surface area contributed by atoms with Crippen molar-refractivity contribution >= 4 is 21.6 Å². The largest absolute Gasteiger partial charge is 0.385 e. The fourth-order valence-electron chi connectivity index (χ4n) is 3.43. The Labute approximate surface area is 180 Å². The molecule has 0 saturated heterocycles. The molecule has 0 aromatic heterocycles. The highest BCUT2D eigenvalue weighted by Gasteiger charge is 2.23. The second-order valence-corrected chi connectivity index (χ2v) is 9.30. The average molecular weight is 432 g/mol. The van der Waals surface area contributed by atoms with E-state index in [1.54, 1.807) is 0 Å². The number of benzene rings is 2. The predicted molar refractivity (Wildman–Crippen MR) is 122 cm³/mol. The van der Waals surface area contributed by atoms with Crippen molar-refractivity contribution in [2.75, 3.05) is 25.0 Å². The third kappa shape index (κ3) is 6.06. The normalized spacial score (nSPS) is 11.4. The molecule has 0 fully saturated rings. The van der Waals surface area contributed by atoms with Crippen molar-refractivity contribution in [1.29, 1.82) is 0 Å². The topological polar surface area (TPSA) is 87.3 Å². The molecule has 0 heterocycles. The molecule has 0 spiro atoms. The number of amides is 1. The zero-order valence-electron chi connectivity index (χ0n) is 18.6. The zero-order valence-corrected chi connectivity index (χ0v) is 19.4. The van der Waals surface area contributed by atoms with Crippen LogP contribution in [0.1, 0.15) is 40.7 Å². The Morgan fingerprint density at radius 2 is 1.37 bits per heavy atom. The van der Waals surface area contributed by atoms with E-state index in [1.807, 2.05) is 65.0 Å². The summed E-state index contributed by atoms with van der Waals surface area (Å²) in [6.07, 6.45) is 0.889. The fraction of sp³-hybridized carbons (Fsp3) is 0.435. The van der Waals surface area contributed by atoms with Crippen LogP contribution in [0.4, 0.5) is 5.69 Å². The van der Waals surface area contributed by atoms with Crippen LogP contribution < -0.4 is 15.4 Å². The van der Waals surface area contributed by atoms with Crippen LogP contribution >= 0.6 is 0 Å². The van der Waals surface area contributed by atoms with Gasteiger partial charge in [-0.2, -0.15) is 0 Å². The Morgan fingerprint density at radius 1 is 0.800 bits per heavy atom. The summed E-state index contributed by atoms with van der Waals surface area (Å²) in [5.41, 5.74) is 5.66. The molecule has 0 radical (unpaired) electrons. The molecule has 0 bridgehead atoms. The van der Waals surface area contributed by atoms with Crippen LogP contribution in [0.15, 0.2) is 35.2 Å². The summed E-state index contributed by atoms with van der Waals surface area (Å²) in [5, 5.41) is 6.11. The number of hydrogen-bond donors (Lipinski definition) is 3. The third-order valence-electron chi connectivity index (χ3n) is 5.62. The number of sulfonamides is 1. The third-order valence-corrected chi connectivity index (χ3v) is 7.36. The molecule has 6 nitrogen and oxygen atoms in total. The highest BCUT2D eigenvalue weighted by Crippen LogP contribution is 2.29. The zero-order chi connectivity index (χ0) is 22.3. The van der Waals surface area contributed by atoms with E-state index >= 15 is 0 Å². The lowest BCUT2D eigenvalue weighted by Crippen LogP contribution is -2.32. The minimum Gasteiger partial charge on any atom is -0.385 e. The molecule has 2 aromatic rings. The highest BCUT2D eigenvalue weighted by atomic mass is 32.2. The van der Waals surface area contributed by atoms with Gasteiger partial charge in [0.15, 0.2) is 0 Å². The van der Waals surface area contributed by atoms with Crippen LogP contribution in [0, 0.1) is 34.6 Å². The van der Waals surface area contributed by atoms with Crippen molar-refractivity contribution in [3.63, 3.8) is 0 Å². The second-order valence-electron chi connectivity index (χ2n) is 7.60. The fourth-order valence-corrected chi connectivity index (χ4v) is 5.06. The lowest BCUT2D eigenvalue weighted by molar-refractivity contribution is -0.120. The van der Waals surface area contributed by atoms with Crippen molar-refractivity contribution < 1.29 is 13.2 Å². The Balaban J connectivity index is 1.80. The smallest absolute Gasteiger partial charge is 0.241 e. The van der Waals surface area contributed by atoms with E-state index in [0.29, 0.717) is 11.4 Å². The lowest BCUT2D eigenvalue weighted by atomic mass is 9.95. The summed E-state index contributed by atoms with van der Waals surface area (Å²) in [6.45, 7) is 10.9. The van der Waals surface area contributed by atoms with Crippen molar-refractivity contribution in [3.05, 3.63) is 58.1 Å². The molecule has 0 aliphatic rings. The number of nitrogens with one attached hydrogen (secondary N) is 3. The van der Waals surface area contributed by atoms with Gasteiger partial charge in [-0.3, -0.25) is 4.79 Å². The van der Waals surface area contributed by atoms with Gasteiger partial charge in [0.2, 0.25) is 15.9 Å². The molecular formula is C23H33N3O3S. The highest BCUT2D eigenvalue weighted by molar-refractivity contribution is 7.89. The van der Waals surface area contributed by atoms with Gasteiger partial charge in [0.1, 0.15) is 0 Å². The van der Waals surface area contributed by atoms with E-state index in [-0.39, 0.29) is 18.9 Å². The molecule has 0 atom stereocenters. The first-order chi connectivity index (χ1) is 14.1. The molecular weight excluding hydrogens is 398 g/mol. The number of carbonyl (C=O) groups excluding carboxylic acids is 1. The van der Waals surface area contributed by atoms with E-state index in [2.05, 4.69) is 15.4 Å². The molecule has 3 N–H and O–H groups in total. The quantitative estimate of drug-likeness (QED) is 0.502. The van der Waals surface area contributed by atoms with Gasteiger partial charge in [-0.25, -0.2) is 13.1 Å². The van der Waals surface area contributed by atoms with Gasteiger partial charge in [0.25, 0.3) is 0 Å². The van der Waals surface area contributed by atoms with Crippen LogP contribution in [0.25, 0.3) is 0 Å². The van der Waals surface area contributed by atoms with Gasteiger partial charge in [-0.15, -0.1) is 0 Å². The minimum absolute atomic E-state index is 0.0707. The molecule has 7 heteroatoms. The van der Waals surface area contributed by atoms with E-state index in [1.165, 1.54) is 0 Å². The Kier molecular flexibility index (Phi) is 8.43. The summed E-state index contributed by atoms with van der Waals surface area (Å²) >= 11 is 0. The maximum atomic E-state index is 12.9. The maximum Gasteiger partial charge on any atom is 0.241 e. The summed E-state index contributed by atoms with van der Waals surface area (Å²) in [5.74, 6) is -0.165. The minimum atomic E-state index is -3.68. The monoisotopic (exact) mass is 431 g/mol. The van der Waals surface area contributed by atoms with Crippen molar-refractivity contribution in [1.82, 2.24) is 10.0 Å². The van der Waals surface area contributed by atoms with Crippen LogP contribution in [0.2, 0.25) is 0 Å². The first-order valence-electron chi connectivity index (χ1n) is 10.3. The lowest BCUT2D eigenvalue weighted by Gasteiger charge is -2.19. The first kappa shape index (κ1) is 23.9. The molecule has 0 unspecified atom stereocenters. The summed E-state index contributed by atoms with van der Waals surface area (Å²) in [4.78, 5) is 12.3.